The van der Waals surface area contributed by atoms with E-state index in [0.29, 0.717) is 24.3 Å². The van der Waals surface area contributed by atoms with Crippen LogP contribution in [0, 0.1) is 5.82 Å². The maximum atomic E-state index is 13.8. The lowest BCUT2D eigenvalue weighted by molar-refractivity contribution is 0.639. The molecular formula is C12H13BrFN3. The van der Waals surface area contributed by atoms with Crippen molar-refractivity contribution in [2.75, 3.05) is 18.4 Å². The summed E-state index contributed by atoms with van der Waals surface area (Å²) < 4.78 is 14.6. The number of hydrogen-bond acceptors (Lipinski definition) is 3. The highest BCUT2D eigenvalue weighted by Gasteiger charge is 2.09. The predicted octanol–water partition coefficient (Wildman–Crippen LogP) is 2.90. The summed E-state index contributed by atoms with van der Waals surface area (Å²) >= 11 is 3.37. The van der Waals surface area contributed by atoms with Gasteiger partial charge >= 0.3 is 0 Å². The molecule has 0 aliphatic carbocycles. The monoisotopic (exact) mass is 297 g/mol. The molecule has 0 spiro atoms. The number of halogens is 2. The van der Waals surface area contributed by atoms with Gasteiger partial charge in [0.2, 0.25) is 0 Å². The molecule has 0 bridgehead atoms. The van der Waals surface area contributed by atoms with Crippen molar-refractivity contribution in [2.45, 2.75) is 6.42 Å². The van der Waals surface area contributed by atoms with Crippen LogP contribution in [0.5, 0.6) is 0 Å². The van der Waals surface area contributed by atoms with Crippen molar-refractivity contribution in [2.24, 2.45) is 5.73 Å². The molecule has 0 aliphatic rings. The summed E-state index contributed by atoms with van der Waals surface area (Å²) in [5.41, 5.74) is 5.42. The lowest BCUT2D eigenvalue weighted by Gasteiger charge is -2.10. The van der Waals surface area contributed by atoms with Crippen molar-refractivity contribution in [1.29, 1.82) is 0 Å². The molecule has 1 aromatic heterocycles. The Hall–Kier alpha value is -1.20. The van der Waals surface area contributed by atoms with Crippen molar-refractivity contribution < 1.29 is 4.39 Å². The van der Waals surface area contributed by atoms with Gasteiger partial charge < -0.3 is 11.1 Å². The third-order valence-corrected chi connectivity index (χ3v) is 3.12. The molecule has 90 valence electrons. The fraction of sp³-hybridized carbons (Fsp3) is 0.250. The molecule has 0 saturated carbocycles. The van der Waals surface area contributed by atoms with Gasteiger partial charge in [0.05, 0.1) is 5.39 Å². The highest BCUT2D eigenvalue weighted by molar-refractivity contribution is 9.10. The van der Waals surface area contributed by atoms with Gasteiger partial charge in [0, 0.05) is 22.6 Å². The Morgan fingerprint density at radius 1 is 1.41 bits per heavy atom. The first-order chi connectivity index (χ1) is 8.24. The fourth-order valence-corrected chi connectivity index (χ4v) is 2.09. The minimum atomic E-state index is -0.272. The molecule has 0 saturated heterocycles. The lowest BCUT2D eigenvalue weighted by atomic mass is 10.1. The number of anilines is 1. The van der Waals surface area contributed by atoms with Crippen LogP contribution in [-0.4, -0.2) is 18.1 Å². The van der Waals surface area contributed by atoms with Crippen LogP contribution in [0.25, 0.3) is 10.8 Å². The highest BCUT2D eigenvalue weighted by atomic mass is 79.9. The zero-order valence-electron chi connectivity index (χ0n) is 9.21. The Labute approximate surface area is 107 Å². The molecule has 0 radical (unpaired) electrons. The number of nitrogens with one attached hydrogen (secondary N) is 1. The van der Waals surface area contributed by atoms with E-state index >= 15 is 0 Å². The van der Waals surface area contributed by atoms with E-state index in [-0.39, 0.29) is 5.82 Å². The van der Waals surface area contributed by atoms with E-state index in [4.69, 9.17) is 5.73 Å². The summed E-state index contributed by atoms with van der Waals surface area (Å²) in [7, 11) is 0. The quantitative estimate of drug-likeness (QED) is 0.853. The number of fused-ring (bicyclic) bond motifs is 1. The van der Waals surface area contributed by atoms with Crippen LogP contribution < -0.4 is 11.1 Å². The first-order valence-corrected chi connectivity index (χ1v) is 6.20. The molecule has 0 atom stereocenters. The van der Waals surface area contributed by atoms with Crippen LogP contribution >= 0.6 is 15.9 Å². The molecule has 0 amide bonds. The summed E-state index contributed by atoms with van der Waals surface area (Å²) in [6.45, 7) is 1.29. The van der Waals surface area contributed by atoms with Crippen molar-refractivity contribution in [3.05, 3.63) is 34.7 Å². The summed E-state index contributed by atoms with van der Waals surface area (Å²) in [6.07, 6.45) is 2.50. The smallest absolute Gasteiger partial charge is 0.136 e. The molecule has 17 heavy (non-hydrogen) atoms. The fourth-order valence-electron chi connectivity index (χ4n) is 1.66. The Kier molecular flexibility index (Phi) is 3.91. The molecular weight excluding hydrogens is 285 g/mol. The van der Waals surface area contributed by atoms with Gasteiger partial charge in [-0.2, -0.15) is 0 Å². The molecule has 1 heterocycles. The second-order valence-corrected chi connectivity index (χ2v) is 4.54. The van der Waals surface area contributed by atoms with Crippen LogP contribution in [0.4, 0.5) is 10.2 Å². The molecule has 1 aromatic carbocycles. The zero-order chi connectivity index (χ0) is 12.3. The maximum Gasteiger partial charge on any atom is 0.136 e. The van der Waals surface area contributed by atoms with E-state index in [1.165, 1.54) is 6.07 Å². The SMILES string of the molecule is NCCCNc1ncc(Br)c2cccc(F)c12. The van der Waals surface area contributed by atoms with Crippen molar-refractivity contribution in [3.63, 3.8) is 0 Å². The largest absolute Gasteiger partial charge is 0.369 e. The summed E-state index contributed by atoms with van der Waals surface area (Å²) in [6, 6.07) is 4.98. The number of aromatic nitrogens is 1. The molecule has 0 fully saturated rings. The van der Waals surface area contributed by atoms with E-state index in [0.717, 1.165) is 16.3 Å². The van der Waals surface area contributed by atoms with Gasteiger partial charge in [0.25, 0.3) is 0 Å². The molecule has 0 aliphatic heterocycles. The van der Waals surface area contributed by atoms with Gasteiger partial charge in [0.1, 0.15) is 11.6 Å². The molecule has 2 rings (SSSR count). The van der Waals surface area contributed by atoms with E-state index in [2.05, 4.69) is 26.2 Å². The summed E-state index contributed by atoms with van der Waals surface area (Å²) in [5, 5.41) is 4.43. The second-order valence-electron chi connectivity index (χ2n) is 3.69. The van der Waals surface area contributed by atoms with Crippen molar-refractivity contribution in [3.8, 4) is 0 Å². The van der Waals surface area contributed by atoms with Gasteiger partial charge in [-0.25, -0.2) is 9.37 Å². The van der Waals surface area contributed by atoms with Gasteiger partial charge in [-0.3, -0.25) is 0 Å². The number of nitrogens with zero attached hydrogens (tertiary/aromatic N) is 1. The first-order valence-electron chi connectivity index (χ1n) is 5.40. The van der Waals surface area contributed by atoms with E-state index in [9.17, 15) is 4.39 Å². The number of nitrogens with two attached hydrogens (primary N) is 1. The Balaban J connectivity index is 2.45. The third kappa shape index (κ3) is 2.56. The first kappa shape index (κ1) is 12.3. The molecule has 5 heteroatoms. The number of rotatable bonds is 4. The Bertz CT molecular complexity index is 530. The number of benzene rings is 1. The topological polar surface area (TPSA) is 50.9 Å². The van der Waals surface area contributed by atoms with Gasteiger partial charge in [-0.15, -0.1) is 0 Å². The second kappa shape index (κ2) is 5.42. The average Bonchev–Trinajstić information content (AvgIpc) is 2.33. The van der Waals surface area contributed by atoms with Crippen molar-refractivity contribution in [1.82, 2.24) is 4.98 Å². The van der Waals surface area contributed by atoms with E-state index < -0.39 is 0 Å². The number of hydrogen-bond donors (Lipinski definition) is 2. The van der Waals surface area contributed by atoms with Crippen LogP contribution in [-0.2, 0) is 0 Å². The molecule has 3 nitrogen and oxygen atoms in total. The lowest BCUT2D eigenvalue weighted by Crippen LogP contribution is -2.09. The number of pyridine rings is 1. The van der Waals surface area contributed by atoms with Crippen LogP contribution in [0.2, 0.25) is 0 Å². The standard InChI is InChI=1S/C12H13BrFN3/c13-9-7-17-12(16-6-2-5-15)11-8(9)3-1-4-10(11)14/h1,3-4,7H,2,5-6,15H2,(H,16,17). The summed E-state index contributed by atoms with van der Waals surface area (Å²) in [4.78, 5) is 4.20. The Morgan fingerprint density at radius 3 is 3.00 bits per heavy atom. The minimum absolute atomic E-state index is 0.272. The van der Waals surface area contributed by atoms with Crippen LogP contribution in [0.1, 0.15) is 6.42 Å². The highest BCUT2D eigenvalue weighted by Crippen LogP contribution is 2.29. The van der Waals surface area contributed by atoms with E-state index in [1.807, 2.05) is 6.07 Å². The molecule has 2 aromatic rings. The average molecular weight is 298 g/mol. The normalized spacial score (nSPS) is 10.8. The maximum absolute atomic E-state index is 13.8. The van der Waals surface area contributed by atoms with Crippen LogP contribution in [0.15, 0.2) is 28.9 Å². The third-order valence-electron chi connectivity index (χ3n) is 2.49. The zero-order valence-corrected chi connectivity index (χ0v) is 10.8. The van der Waals surface area contributed by atoms with Gasteiger partial charge in [-0.1, -0.05) is 12.1 Å². The van der Waals surface area contributed by atoms with Crippen LogP contribution in [0.3, 0.4) is 0 Å². The van der Waals surface area contributed by atoms with Crippen molar-refractivity contribution >= 4 is 32.5 Å². The molecule has 0 unspecified atom stereocenters. The molecule has 3 N–H and O–H groups in total. The minimum Gasteiger partial charge on any atom is -0.369 e. The van der Waals surface area contributed by atoms with E-state index in [1.54, 1.807) is 12.3 Å². The van der Waals surface area contributed by atoms with Gasteiger partial charge in [0.15, 0.2) is 0 Å². The summed E-state index contributed by atoms with van der Waals surface area (Å²) in [5.74, 6) is 0.293. The van der Waals surface area contributed by atoms with Gasteiger partial charge in [-0.05, 0) is 35.0 Å². The predicted molar refractivity (Wildman–Crippen MR) is 71.6 cm³/mol. The Morgan fingerprint density at radius 2 is 2.24 bits per heavy atom.